The molecular formula is C21H29N3O. The summed E-state index contributed by atoms with van der Waals surface area (Å²) in [7, 11) is 0. The van der Waals surface area contributed by atoms with Crippen LogP contribution in [-0.4, -0.2) is 32.1 Å². The number of rotatable bonds is 10. The summed E-state index contributed by atoms with van der Waals surface area (Å²) in [5.74, 6) is -0.00435. The Hall–Kier alpha value is -2.33. The predicted molar refractivity (Wildman–Crippen MR) is 106 cm³/mol. The highest BCUT2D eigenvalue weighted by molar-refractivity contribution is 5.92. The van der Waals surface area contributed by atoms with Gasteiger partial charge in [0.2, 0.25) is 5.91 Å². The second-order valence-corrected chi connectivity index (χ2v) is 6.03. The van der Waals surface area contributed by atoms with Gasteiger partial charge in [0.15, 0.2) is 0 Å². The SMILES string of the molecule is CCN(CC)c1ccc(NC(=O)CNCCCc2ccccc2)cc1. The number of hydrogen-bond donors (Lipinski definition) is 2. The van der Waals surface area contributed by atoms with E-state index in [2.05, 4.69) is 65.8 Å². The highest BCUT2D eigenvalue weighted by Gasteiger charge is 2.04. The lowest BCUT2D eigenvalue weighted by atomic mass is 10.1. The normalized spacial score (nSPS) is 10.5. The van der Waals surface area contributed by atoms with Gasteiger partial charge in [-0.3, -0.25) is 4.79 Å². The van der Waals surface area contributed by atoms with Gasteiger partial charge in [0.05, 0.1) is 6.54 Å². The van der Waals surface area contributed by atoms with Gasteiger partial charge in [-0.15, -0.1) is 0 Å². The van der Waals surface area contributed by atoms with Gasteiger partial charge in [-0.25, -0.2) is 0 Å². The van der Waals surface area contributed by atoms with E-state index in [1.54, 1.807) is 0 Å². The molecule has 0 bridgehead atoms. The van der Waals surface area contributed by atoms with Crippen LogP contribution in [0.1, 0.15) is 25.8 Å². The van der Waals surface area contributed by atoms with Crippen LogP contribution in [-0.2, 0) is 11.2 Å². The smallest absolute Gasteiger partial charge is 0.238 e. The second kappa shape index (κ2) is 10.5. The Morgan fingerprint density at radius 2 is 1.64 bits per heavy atom. The van der Waals surface area contributed by atoms with Crippen molar-refractivity contribution in [2.24, 2.45) is 0 Å². The van der Waals surface area contributed by atoms with Gasteiger partial charge < -0.3 is 15.5 Å². The predicted octanol–water partition coefficient (Wildman–Crippen LogP) is 3.69. The fourth-order valence-corrected chi connectivity index (χ4v) is 2.81. The van der Waals surface area contributed by atoms with Crippen molar-refractivity contribution in [2.75, 3.05) is 36.4 Å². The Balaban J connectivity index is 1.66. The summed E-state index contributed by atoms with van der Waals surface area (Å²) in [5.41, 5.74) is 3.36. The van der Waals surface area contributed by atoms with Gasteiger partial charge in [0.1, 0.15) is 0 Å². The van der Waals surface area contributed by atoms with E-state index in [1.165, 1.54) is 11.3 Å². The van der Waals surface area contributed by atoms with Crippen molar-refractivity contribution in [3.8, 4) is 0 Å². The van der Waals surface area contributed by atoms with Crippen LogP contribution in [0.15, 0.2) is 54.6 Å². The van der Waals surface area contributed by atoms with E-state index in [4.69, 9.17) is 0 Å². The molecule has 0 saturated heterocycles. The van der Waals surface area contributed by atoms with Crippen LogP contribution < -0.4 is 15.5 Å². The van der Waals surface area contributed by atoms with Gasteiger partial charge in [-0.1, -0.05) is 30.3 Å². The zero-order valence-corrected chi connectivity index (χ0v) is 15.3. The van der Waals surface area contributed by atoms with Crippen molar-refractivity contribution in [1.29, 1.82) is 0 Å². The number of aryl methyl sites for hydroxylation is 1. The molecule has 0 radical (unpaired) electrons. The highest BCUT2D eigenvalue weighted by Crippen LogP contribution is 2.17. The molecule has 0 heterocycles. The number of hydrogen-bond acceptors (Lipinski definition) is 3. The fraction of sp³-hybridized carbons (Fsp3) is 0.381. The van der Waals surface area contributed by atoms with Crippen molar-refractivity contribution >= 4 is 17.3 Å². The van der Waals surface area contributed by atoms with Crippen molar-refractivity contribution in [3.05, 3.63) is 60.2 Å². The van der Waals surface area contributed by atoms with E-state index >= 15 is 0 Å². The molecule has 0 unspecified atom stereocenters. The minimum absolute atomic E-state index is 0.00435. The zero-order valence-electron chi connectivity index (χ0n) is 15.3. The molecule has 134 valence electrons. The molecule has 0 aliphatic carbocycles. The number of nitrogens with zero attached hydrogens (tertiary/aromatic N) is 1. The van der Waals surface area contributed by atoms with E-state index in [0.29, 0.717) is 6.54 Å². The average molecular weight is 339 g/mol. The van der Waals surface area contributed by atoms with E-state index in [9.17, 15) is 4.79 Å². The lowest BCUT2D eigenvalue weighted by molar-refractivity contribution is -0.115. The molecule has 0 saturated carbocycles. The third-order valence-electron chi connectivity index (χ3n) is 4.23. The molecule has 2 aromatic carbocycles. The Labute approximate surface area is 151 Å². The maximum Gasteiger partial charge on any atom is 0.238 e. The summed E-state index contributed by atoms with van der Waals surface area (Å²) in [5, 5.41) is 6.14. The highest BCUT2D eigenvalue weighted by atomic mass is 16.1. The first kappa shape index (κ1) is 19.0. The average Bonchev–Trinajstić information content (AvgIpc) is 2.65. The number of carbonyl (C=O) groups is 1. The summed E-state index contributed by atoms with van der Waals surface area (Å²) in [4.78, 5) is 14.3. The monoisotopic (exact) mass is 339 g/mol. The standard InChI is InChI=1S/C21H29N3O/c1-3-24(4-2)20-14-12-19(13-15-20)23-21(25)17-22-16-8-11-18-9-6-5-7-10-18/h5-7,9-10,12-15,22H,3-4,8,11,16-17H2,1-2H3,(H,23,25). The van der Waals surface area contributed by atoms with Crippen molar-refractivity contribution in [2.45, 2.75) is 26.7 Å². The topological polar surface area (TPSA) is 44.4 Å². The number of amides is 1. The van der Waals surface area contributed by atoms with Crippen molar-refractivity contribution in [3.63, 3.8) is 0 Å². The maximum absolute atomic E-state index is 12.0. The number of carbonyl (C=O) groups excluding carboxylic acids is 1. The molecule has 0 aliphatic rings. The van der Waals surface area contributed by atoms with Crippen LogP contribution in [0.5, 0.6) is 0 Å². The van der Waals surface area contributed by atoms with Crippen LogP contribution >= 0.6 is 0 Å². The zero-order chi connectivity index (χ0) is 17.9. The van der Waals surface area contributed by atoms with Gasteiger partial charge in [0.25, 0.3) is 0 Å². The van der Waals surface area contributed by atoms with Crippen LogP contribution in [0.3, 0.4) is 0 Å². The Bertz CT molecular complexity index is 621. The molecule has 0 fully saturated rings. The van der Waals surface area contributed by atoms with E-state index in [-0.39, 0.29) is 5.91 Å². The minimum Gasteiger partial charge on any atom is -0.372 e. The molecule has 2 aromatic rings. The number of nitrogens with one attached hydrogen (secondary N) is 2. The second-order valence-electron chi connectivity index (χ2n) is 6.03. The van der Waals surface area contributed by atoms with E-state index < -0.39 is 0 Å². The first-order valence-electron chi connectivity index (χ1n) is 9.12. The summed E-state index contributed by atoms with van der Waals surface area (Å²) in [6.45, 7) is 7.42. The third kappa shape index (κ3) is 6.59. The first-order chi connectivity index (χ1) is 12.2. The molecule has 0 spiro atoms. The van der Waals surface area contributed by atoms with E-state index in [0.717, 1.165) is 38.2 Å². The summed E-state index contributed by atoms with van der Waals surface area (Å²) < 4.78 is 0. The van der Waals surface area contributed by atoms with Crippen LogP contribution in [0.2, 0.25) is 0 Å². The molecule has 0 aromatic heterocycles. The van der Waals surface area contributed by atoms with E-state index in [1.807, 2.05) is 18.2 Å². The number of anilines is 2. The van der Waals surface area contributed by atoms with Gasteiger partial charge in [0, 0.05) is 24.5 Å². The third-order valence-corrected chi connectivity index (χ3v) is 4.23. The fourth-order valence-electron chi connectivity index (χ4n) is 2.81. The lowest BCUT2D eigenvalue weighted by Gasteiger charge is -2.21. The van der Waals surface area contributed by atoms with Crippen LogP contribution in [0, 0.1) is 0 Å². The van der Waals surface area contributed by atoms with Crippen molar-refractivity contribution in [1.82, 2.24) is 5.32 Å². The maximum atomic E-state index is 12.0. The molecule has 25 heavy (non-hydrogen) atoms. The molecule has 4 heteroatoms. The molecule has 2 rings (SSSR count). The van der Waals surface area contributed by atoms with Gasteiger partial charge >= 0.3 is 0 Å². The molecule has 2 N–H and O–H groups in total. The summed E-state index contributed by atoms with van der Waals surface area (Å²) >= 11 is 0. The Morgan fingerprint density at radius 1 is 0.960 bits per heavy atom. The lowest BCUT2D eigenvalue weighted by Crippen LogP contribution is -2.29. The molecule has 4 nitrogen and oxygen atoms in total. The number of benzene rings is 2. The summed E-state index contributed by atoms with van der Waals surface area (Å²) in [6, 6.07) is 18.4. The molecule has 1 amide bonds. The van der Waals surface area contributed by atoms with Crippen molar-refractivity contribution < 1.29 is 4.79 Å². The van der Waals surface area contributed by atoms with Gasteiger partial charge in [-0.2, -0.15) is 0 Å². The van der Waals surface area contributed by atoms with Crippen LogP contribution in [0.4, 0.5) is 11.4 Å². The minimum atomic E-state index is -0.00435. The first-order valence-corrected chi connectivity index (χ1v) is 9.12. The quantitative estimate of drug-likeness (QED) is 0.649. The van der Waals surface area contributed by atoms with Crippen LogP contribution in [0.25, 0.3) is 0 Å². The molecule has 0 atom stereocenters. The largest absolute Gasteiger partial charge is 0.372 e. The Morgan fingerprint density at radius 3 is 2.28 bits per heavy atom. The van der Waals surface area contributed by atoms with Gasteiger partial charge in [-0.05, 0) is 63.1 Å². The molecule has 0 aliphatic heterocycles. The Kier molecular flexibility index (Phi) is 7.99. The summed E-state index contributed by atoms with van der Waals surface area (Å²) in [6.07, 6.45) is 2.05. The molecular weight excluding hydrogens is 310 g/mol.